The van der Waals surface area contributed by atoms with Crippen molar-refractivity contribution in [3.05, 3.63) is 59.5 Å². The second kappa shape index (κ2) is 7.13. The summed E-state index contributed by atoms with van der Waals surface area (Å²) in [6, 6.07) is 12.9. The van der Waals surface area contributed by atoms with Crippen molar-refractivity contribution in [2.45, 2.75) is 25.8 Å². The smallest absolute Gasteiger partial charge is 0.254 e. The molecule has 1 aromatic carbocycles. The van der Waals surface area contributed by atoms with E-state index in [1.165, 1.54) is 11.3 Å². The van der Waals surface area contributed by atoms with Gasteiger partial charge >= 0.3 is 0 Å². The van der Waals surface area contributed by atoms with Crippen LogP contribution in [0.2, 0.25) is 0 Å². The third kappa shape index (κ3) is 4.10. The van der Waals surface area contributed by atoms with Crippen LogP contribution in [0, 0.1) is 5.92 Å². The van der Waals surface area contributed by atoms with Crippen molar-refractivity contribution in [1.29, 1.82) is 0 Å². The summed E-state index contributed by atoms with van der Waals surface area (Å²) in [5.41, 5.74) is 0.578. The molecule has 5 nitrogen and oxygen atoms in total. The third-order valence-electron chi connectivity index (χ3n) is 4.72. The lowest BCUT2D eigenvalue weighted by molar-refractivity contribution is -0.131. The van der Waals surface area contributed by atoms with Crippen molar-refractivity contribution >= 4 is 11.8 Å². The Hall–Kier alpha value is -2.56. The molecule has 5 heteroatoms. The number of amides is 2. The molecule has 2 atom stereocenters. The van der Waals surface area contributed by atoms with E-state index in [0.29, 0.717) is 23.9 Å². The maximum Gasteiger partial charge on any atom is 0.254 e. The SMILES string of the molecule is C[C@H]1C[C@@H]1c1ccc(CN(C)C(=O)CN(C)C(=O)c2ccccc2)o1. The van der Waals surface area contributed by atoms with E-state index in [9.17, 15) is 9.59 Å². The van der Waals surface area contributed by atoms with Crippen LogP contribution in [0.1, 0.15) is 41.1 Å². The Morgan fingerprint density at radius 3 is 2.40 bits per heavy atom. The molecular weight excluding hydrogens is 316 g/mol. The molecule has 0 saturated heterocycles. The maximum absolute atomic E-state index is 12.4. The number of hydrogen-bond acceptors (Lipinski definition) is 3. The number of likely N-dealkylation sites (N-methyl/N-ethyl adjacent to an activating group) is 2. The van der Waals surface area contributed by atoms with Gasteiger partial charge in [0.05, 0.1) is 13.1 Å². The van der Waals surface area contributed by atoms with Crippen LogP contribution in [0.4, 0.5) is 0 Å². The Morgan fingerprint density at radius 1 is 1.08 bits per heavy atom. The van der Waals surface area contributed by atoms with Gasteiger partial charge in [-0.1, -0.05) is 25.1 Å². The number of furan rings is 1. The molecule has 1 fully saturated rings. The number of benzene rings is 1. The van der Waals surface area contributed by atoms with Crippen LogP contribution in [0.25, 0.3) is 0 Å². The summed E-state index contributed by atoms with van der Waals surface area (Å²) in [6.45, 7) is 2.66. The van der Waals surface area contributed by atoms with Crippen LogP contribution < -0.4 is 0 Å². The van der Waals surface area contributed by atoms with Crippen molar-refractivity contribution < 1.29 is 14.0 Å². The van der Waals surface area contributed by atoms with Crippen LogP contribution in [0.5, 0.6) is 0 Å². The van der Waals surface area contributed by atoms with Crippen LogP contribution >= 0.6 is 0 Å². The van der Waals surface area contributed by atoms with Crippen LogP contribution in [0.15, 0.2) is 46.9 Å². The summed E-state index contributed by atoms with van der Waals surface area (Å²) >= 11 is 0. The van der Waals surface area contributed by atoms with Crippen LogP contribution in [0.3, 0.4) is 0 Å². The minimum absolute atomic E-state index is 0.0391. The second-order valence-corrected chi connectivity index (χ2v) is 6.90. The normalized spacial score (nSPS) is 18.7. The van der Waals surface area contributed by atoms with Gasteiger partial charge in [-0.05, 0) is 36.6 Å². The summed E-state index contributed by atoms with van der Waals surface area (Å²) in [7, 11) is 3.37. The van der Waals surface area contributed by atoms with E-state index in [2.05, 4.69) is 6.92 Å². The average Bonchev–Trinajstić information content (AvgIpc) is 3.16. The van der Waals surface area contributed by atoms with E-state index < -0.39 is 0 Å². The first-order valence-electron chi connectivity index (χ1n) is 8.58. The summed E-state index contributed by atoms with van der Waals surface area (Å²) in [6.07, 6.45) is 1.17. The predicted octanol–water partition coefficient (Wildman–Crippen LogP) is 3.13. The Balaban J connectivity index is 1.53. The molecular formula is C20H24N2O3. The Kier molecular flexibility index (Phi) is 4.93. The molecule has 3 rings (SSSR count). The number of carbonyl (C=O) groups is 2. The van der Waals surface area contributed by atoms with E-state index >= 15 is 0 Å². The standard InChI is InChI=1S/C20H24N2O3/c1-14-11-17(14)18-10-9-16(25-18)12-21(2)19(23)13-22(3)20(24)15-7-5-4-6-8-15/h4-10,14,17H,11-13H2,1-3H3/t14-,17-/m0/s1. The zero-order valence-electron chi connectivity index (χ0n) is 14.9. The van der Waals surface area contributed by atoms with Gasteiger partial charge in [0.2, 0.25) is 5.91 Å². The molecule has 0 spiro atoms. The number of carbonyl (C=O) groups excluding carboxylic acids is 2. The zero-order chi connectivity index (χ0) is 18.0. The molecule has 1 saturated carbocycles. The fraction of sp³-hybridized carbons (Fsp3) is 0.400. The van der Waals surface area contributed by atoms with Gasteiger partial charge in [-0.25, -0.2) is 0 Å². The highest BCUT2D eigenvalue weighted by atomic mass is 16.3. The van der Waals surface area contributed by atoms with Gasteiger partial charge in [0.1, 0.15) is 11.5 Å². The monoisotopic (exact) mass is 340 g/mol. The molecule has 0 radical (unpaired) electrons. The topological polar surface area (TPSA) is 53.8 Å². The predicted molar refractivity (Wildman–Crippen MR) is 95.1 cm³/mol. The molecule has 0 unspecified atom stereocenters. The minimum Gasteiger partial charge on any atom is -0.464 e. The van der Waals surface area contributed by atoms with Gasteiger partial charge < -0.3 is 14.2 Å². The Labute approximate surface area is 148 Å². The van der Waals surface area contributed by atoms with Gasteiger partial charge in [-0.15, -0.1) is 0 Å². The lowest BCUT2D eigenvalue weighted by atomic mass is 10.2. The van der Waals surface area contributed by atoms with Gasteiger partial charge in [-0.3, -0.25) is 9.59 Å². The van der Waals surface area contributed by atoms with Crippen LogP contribution in [-0.4, -0.2) is 42.3 Å². The molecule has 0 aliphatic heterocycles. The quantitative estimate of drug-likeness (QED) is 0.812. The van der Waals surface area contributed by atoms with Gasteiger partial charge in [0.15, 0.2) is 0 Å². The average molecular weight is 340 g/mol. The fourth-order valence-corrected chi connectivity index (χ4v) is 2.92. The molecule has 0 N–H and O–H groups in total. The number of rotatable bonds is 6. The largest absolute Gasteiger partial charge is 0.464 e. The maximum atomic E-state index is 12.4. The van der Waals surface area contributed by atoms with Crippen molar-refractivity contribution in [3.8, 4) is 0 Å². The summed E-state index contributed by atoms with van der Waals surface area (Å²) < 4.78 is 5.85. The van der Waals surface area contributed by atoms with Gasteiger partial charge in [0, 0.05) is 25.6 Å². The first-order valence-corrected chi connectivity index (χ1v) is 8.58. The molecule has 0 bridgehead atoms. The van der Waals surface area contributed by atoms with E-state index in [1.807, 2.05) is 30.3 Å². The second-order valence-electron chi connectivity index (χ2n) is 6.90. The highest BCUT2D eigenvalue weighted by molar-refractivity contribution is 5.96. The third-order valence-corrected chi connectivity index (χ3v) is 4.72. The lowest BCUT2D eigenvalue weighted by Gasteiger charge is -2.21. The molecule has 1 aliphatic carbocycles. The molecule has 2 amide bonds. The Morgan fingerprint density at radius 2 is 1.76 bits per heavy atom. The molecule has 1 aromatic heterocycles. The van der Waals surface area contributed by atoms with Gasteiger partial charge in [0.25, 0.3) is 5.91 Å². The summed E-state index contributed by atoms with van der Waals surface area (Å²) in [4.78, 5) is 27.7. The molecule has 1 heterocycles. The summed E-state index contributed by atoms with van der Waals surface area (Å²) in [5, 5.41) is 0. The van der Waals surface area contributed by atoms with Crippen molar-refractivity contribution in [3.63, 3.8) is 0 Å². The fourth-order valence-electron chi connectivity index (χ4n) is 2.92. The number of nitrogens with zero attached hydrogens (tertiary/aromatic N) is 2. The highest BCUT2D eigenvalue weighted by Gasteiger charge is 2.36. The van der Waals surface area contributed by atoms with Crippen molar-refractivity contribution in [2.75, 3.05) is 20.6 Å². The van der Waals surface area contributed by atoms with Crippen LogP contribution in [-0.2, 0) is 11.3 Å². The van der Waals surface area contributed by atoms with Gasteiger partial charge in [-0.2, -0.15) is 0 Å². The molecule has 132 valence electrons. The number of hydrogen-bond donors (Lipinski definition) is 0. The van der Waals surface area contributed by atoms with Crippen molar-refractivity contribution in [1.82, 2.24) is 9.80 Å². The van der Waals surface area contributed by atoms with E-state index in [0.717, 1.165) is 11.5 Å². The Bertz CT molecular complexity index is 753. The van der Waals surface area contributed by atoms with E-state index in [4.69, 9.17) is 4.42 Å². The van der Waals surface area contributed by atoms with Crippen molar-refractivity contribution in [2.24, 2.45) is 5.92 Å². The zero-order valence-corrected chi connectivity index (χ0v) is 14.9. The first kappa shape index (κ1) is 17.3. The molecule has 25 heavy (non-hydrogen) atoms. The molecule has 2 aromatic rings. The van der Waals surface area contributed by atoms with E-state index in [-0.39, 0.29) is 18.4 Å². The summed E-state index contributed by atoms with van der Waals surface area (Å²) in [5.74, 6) is 2.73. The minimum atomic E-state index is -0.162. The first-order chi connectivity index (χ1) is 12.0. The lowest BCUT2D eigenvalue weighted by Crippen LogP contribution is -2.39. The van der Waals surface area contributed by atoms with E-state index in [1.54, 1.807) is 31.1 Å². The highest BCUT2D eigenvalue weighted by Crippen LogP contribution is 2.47. The molecule has 1 aliphatic rings.